The fourth-order valence-electron chi connectivity index (χ4n) is 8.09. The van der Waals surface area contributed by atoms with Crippen molar-refractivity contribution in [1.29, 1.82) is 0 Å². The van der Waals surface area contributed by atoms with Gasteiger partial charge in [0.05, 0.1) is 0 Å². The van der Waals surface area contributed by atoms with Gasteiger partial charge >= 0.3 is 0 Å². The van der Waals surface area contributed by atoms with Crippen molar-refractivity contribution in [2.45, 2.75) is 295 Å². The second-order valence-corrected chi connectivity index (χ2v) is 17.9. The lowest BCUT2D eigenvalue weighted by atomic mass is 9.79. The number of hydrogen-bond acceptors (Lipinski definition) is 6. The van der Waals surface area contributed by atoms with Gasteiger partial charge in [0.1, 0.15) is 12.2 Å². The second kappa shape index (κ2) is 43.0. The Hall–Kier alpha value is -1.63. The van der Waals surface area contributed by atoms with E-state index in [0.717, 1.165) is 96.3 Å². The maximum atomic E-state index is 13.6. The summed E-state index contributed by atoms with van der Waals surface area (Å²) in [7, 11) is 0. The normalized spacial score (nSPS) is 14.0. The molecule has 0 spiro atoms. The number of allylic oxidation sites excluding steroid dienone is 4. The smallest absolute Gasteiger partial charge is 0.210 e. The Morgan fingerprint density at radius 3 is 0.898 bits per heavy atom. The van der Waals surface area contributed by atoms with Crippen molar-refractivity contribution >= 4 is 17.3 Å². The molecule has 0 bridgehead atoms. The SMILES string of the molecule is CCCCCCCC/C=C\CCCCCCCC(=O)C(O)C(O)C(O)(C(=O)CCCCCCC/C=C\CCCCCCCC)C(=O)CCCCCCCCCCCCC. The van der Waals surface area contributed by atoms with Crippen molar-refractivity contribution in [3.05, 3.63) is 24.3 Å². The van der Waals surface area contributed by atoms with E-state index < -0.39 is 35.2 Å². The zero-order valence-corrected chi connectivity index (χ0v) is 39.3. The first-order chi connectivity index (χ1) is 28.8. The van der Waals surface area contributed by atoms with E-state index in [-0.39, 0.29) is 19.3 Å². The largest absolute Gasteiger partial charge is 0.386 e. The monoisotopic (exact) mass is 831 g/mol. The minimum atomic E-state index is -2.77. The number of aliphatic hydroxyl groups excluding tert-OH is 2. The van der Waals surface area contributed by atoms with Gasteiger partial charge in [-0.1, -0.05) is 212 Å². The highest BCUT2D eigenvalue weighted by molar-refractivity contribution is 6.11. The molecule has 0 aliphatic carbocycles. The van der Waals surface area contributed by atoms with Gasteiger partial charge in [0.25, 0.3) is 0 Å². The van der Waals surface area contributed by atoms with Crippen LogP contribution in [0.4, 0.5) is 0 Å². The van der Waals surface area contributed by atoms with Crippen LogP contribution in [0.25, 0.3) is 0 Å². The first-order valence-corrected chi connectivity index (χ1v) is 25.7. The van der Waals surface area contributed by atoms with Crippen LogP contribution in [0.5, 0.6) is 0 Å². The number of hydrogen-bond donors (Lipinski definition) is 3. The lowest BCUT2D eigenvalue weighted by Crippen LogP contribution is -2.61. The highest BCUT2D eigenvalue weighted by atomic mass is 16.4. The number of unbranched alkanes of at least 4 members (excludes halogenated alkanes) is 32. The zero-order chi connectivity index (χ0) is 43.5. The topological polar surface area (TPSA) is 112 Å². The van der Waals surface area contributed by atoms with Crippen LogP contribution in [0.2, 0.25) is 0 Å². The van der Waals surface area contributed by atoms with Crippen LogP contribution < -0.4 is 0 Å². The van der Waals surface area contributed by atoms with E-state index >= 15 is 0 Å². The Morgan fingerprint density at radius 2 is 0.610 bits per heavy atom. The molecule has 0 radical (unpaired) electrons. The third-order valence-electron chi connectivity index (χ3n) is 12.3. The molecule has 6 nitrogen and oxygen atoms in total. The van der Waals surface area contributed by atoms with E-state index in [0.29, 0.717) is 19.3 Å². The van der Waals surface area contributed by atoms with E-state index in [4.69, 9.17) is 0 Å². The zero-order valence-electron chi connectivity index (χ0n) is 39.3. The molecule has 0 fully saturated rings. The molecule has 0 aromatic rings. The van der Waals surface area contributed by atoms with Crippen LogP contribution in [-0.2, 0) is 14.4 Å². The average Bonchev–Trinajstić information content (AvgIpc) is 3.24. The fraction of sp³-hybridized carbons (Fsp3) is 0.868. The lowest BCUT2D eigenvalue weighted by Gasteiger charge is -2.32. The van der Waals surface area contributed by atoms with Gasteiger partial charge in [-0.3, -0.25) is 14.4 Å². The number of Topliss-reactive ketones (excluding diaryl/α,β-unsaturated/α-hetero) is 3. The second-order valence-electron chi connectivity index (χ2n) is 17.9. The quantitative estimate of drug-likeness (QED) is 0.0320. The van der Waals surface area contributed by atoms with E-state index in [9.17, 15) is 29.7 Å². The van der Waals surface area contributed by atoms with Crippen LogP contribution in [0, 0.1) is 0 Å². The summed E-state index contributed by atoms with van der Waals surface area (Å²) in [6.45, 7) is 6.72. The van der Waals surface area contributed by atoms with Crippen LogP contribution in [0.1, 0.15) is 278 Å². The number of aliphatic hydroxyl groups is 3. The van der Waals surface area contributed by atoms with Gasteiger partial charge in [0, 0.05) is 19.3 Å². The Kier molecular flexibility index (Phi) is 41.8. The molecule has 3 atom stereocenters. The molecule has 6 heteroatoms. The molecule has 0 saturated carbocycles. The summed E-state index contributed by atoms with van der Waals surface area (Å²) < 4.78 is 0. The predicted molar refractivity (Wildman–Crippen MR) is 252 cm³/mol. The summed E-state index contributed by atoms with van der Waals surface area (Å²) in [5.41, 5.74) is -2.77. The number of ketones is 3. The highest BCUT2D eigenvalue weighted by Gasteiger charge is 2.52. The molecule has 0 saturated heterocycles. The van der Waals surface area contributed by atoms with Crippen LogP contribution in [0.15, 0.2) is 24.3 Å². The van der Waals surface area contributed by atoms with E-state index in [1.807, 2.05) is 0 Å². The van der Waals surface area contributed by atoms with Crippen molar-refractivity contribution in [2.75, 3.05) is 0 Å². The molecule has 0 aromatic heterocycles. The van der Waals surface area contributed by atoms with Gasteiger partial charge in [-0.15, -0.1) is 0 Å². The number of carbonyl (C=O) groups excluding carboxylic acids is 3. The standard InChI is InChI=1S/C53H98O6/c1-4-7-10-13-16-19-22-24-26-28-31-33-36-39-42-45-48(54)51(57)52(58)53(59,49(55)46-43-40-37-34-30-21-18-15-12-9-6-3)50(56)47-44-41-38-35-32-29-27-25-23-20-17-14-11-8-5-2/h24-27,51-52,57-59H,4-23,28-47H2,1-3H3/b26-24-,27-25-. The molecule has 0 aromatic carbocycles. The van der Waals surface area contributed by atoms with Crippen LogP contribution in [-0.4, -0.2) is 50.5 Å². The summed E-state index contributed by atoms with van der Waals surface area (Å²) in [5, 5.41) is 33.8. The number of rotatable bonds is 47. The van der Waals surface area contributed by atoms with Gasteiger partial charge in [0.2, 0.25) is 5.60 Å². The summed E-state index contributed by atoms with van der Waals surface area (Å²) in [6, 6.07) is 0. The van der Waals surface area contributed by atoms with Gasteiger partial charge in [0.15, 0.2) is 17.3 Å². The third kappa shape index (κ3) is 32.7. The van der Waals surface area contributed by atoms with E-state index in [2.05, 4.69) is 45.1 Å². The van der Waals surface area contributed by atoms with Gasteiger partial charge < -0.3 is 15.3 Å². The molecular formula is C53H98O6. The molecule has 0 rings (SSSR count). The van der Waals surface area contributed by atoms with Gasteiger partial charge in [-0.05, 0) is 70.6 Å². The van der Waals surface area contributed by atoms with Crippen molar-refractivity contribution in [2.24, 2.45) is 0 Å². The van der Waals surface area contributed by atoms with Crippen molar-refractivity contribution in [3.8, 4) is 0 Å². The Balaban J connectivity index is 4.79. The fourth-order valence-corrected chi connectivity index (χ4v) is 8.09. The lowest BCUT2D eigenvalue weighted by molar-refractivity contribution is -0.174. The van der Waals surface area contributed by atoms with Crippen LogP contribution in [0.3, 0.4) is 0 Å². The average molecular weight is 831 g/mol. The van der Waals surface area contributed by atoms with Crippen LogP contribution >= 0.6 is 0 Å². The van der Waals surface area contributed by atoms with Crippen molar-refractivity contribution < 1.29 is 29.7 Å². The summed E-state index contributed by atoms with van der Waals surface area (Å²) in [6.07, 6.45) is 46.3. The highest BCUT2D eigenvalue weighted by Crippen LogP contribution is 2.25. The molecular weight excluding hydrogens is 733 g/mol. The Bertz CT molecular complexity index is 1020. The van der Waals surface area contributed by atoms with Gasteiger partial charge in [-0.2, -0.15) is 0 Å². The molecule has 59 heavy (non-hydrogen) atoms. The first kappa shape index (κ1) is 57.4. The Morgan fingerprint density at radius 1 is 0.373 bits per heavy atom. The molecule has 3 unspecified atom stereocenters. The summed E-state index contributed by atoms with van der Waals surface area (Å²) in [5.74, 6) is -2.17. The third-order valence-corrected chi connectivity index (χ3v) is 12.3. The summed E-state index contributed by atoms with van der Waals surface area (Å²) in [4.78, 5) is 40.1. The Labute approximate surface area is 365 Å². The molecule has 3 N–H and O–H groups in total. The maximum absolute atomic E-state index is 13.6. The molecule has 346 valence electrons. The molecule has 0 aliphatic rings. The molecule has 0 aliphatic heterocycles. The first-order valence-electron chi connectivity index (χ1n) is 25.7. The van der Waals surface area contributed by atoms with E-state index in [1.54, 1.807) is 0 Å². The molecule has 0 heterocycles. The minimum Gasteiger partial charge on any atom is -0.386 e. The molecule has 0 amide bonds. The van der Waals surface area contributed by atoms with Crippen molar-refractivity contribution in [3.63, 3.8) is 0 Å². The van der Waals surface area contributed by atoms with E-state index in [1.165, 1.54) is 122 Å². The maximum Gasteiger partial charge on any atom is 0.210 e. The summed E-state index contributed by atoms with van der Waals surface area (Å²) >= 11 is 0. The number of carbonyl (C=O) groups is 3. The van der Waals surface area contributed by atoms with Gasteiger partial charge in [-0.25, -0.2) is 0 Å². The van der Waals surface area contributed by atoms with Crippen molar-refractivity contribution in [1.82, 2.24) is 0 Å². The minimum absolute atomic E-state index is 0.0433. The predicted octanol–water partition coefficient (Wildman–Crippen LogP) is 14.9.